The Morgan fingerprint density at radius 2 is 1.91 bits per heavy atom. The highest BCUT2D eigenvalue weighted by Gasteiger charge is 2.51. The monoisotopic (exact) mass is 505 g/mol. The molecule has 2 heterocycles. The van der Waals surface area contributed by atoms with Gasteiger partial charge in [0.2, 0.25) is 11.8 Å². The molecule has 192 valence electrons. The molecule has 3 aliphatic rings. The summed E-state index contributed by atoms with van der Waals surface area (Å²) in [5, 5.41) is 17.9. The van der Waals surface area contributed by atoms with Gasteiger partial charge in [-0.25, -0.2) is 4.79 Å². The fourth-order valence-corrected chi connectivity index (χ4v) is 5.95. The summed E-state index contributed by atoms with van der Waals surface area (Å²) >= 11 is 6.03. The number of halogens is 1. The van der Waals surface area contributed by atoms with Gasteiger partial charge in [0.05, 0.1) is 12.1 Å². The molecule has 2 saturated heterocycles. The van der Waals surface area contributed by atoms with Crippen molar-refractivity contribution >= 4 is 29.5 Å². The first-order chi connectivity index (χ1) is 16.4. The van der Waals surface area contributed by atoms with Gasteiger partial charge in [-0.1, -0.05) is 51.4 Å². The third-order valence-corrected chi connectivity index (χ3v) is 8.37. The van der Waals surface area contributed by atoms with Crippen LogP contribution in [0.4, 0.5) is 4.79 Å². The lowest BCUT2D eigenvalue weighted by Crippen LogP contribution is -2.60. The summed E-state index contributed by atoms with van der Waals surface area (Å²) in [6.45, 7) is 8.91. The number of ether oxygens (including phenoxy) is 1. The number of hydrogen-bond acceptors (Lipinski definition) is 5. The largest absolute Gasteiger partial charge is 0.441 e. The zero-order chi connectivity index (χ0) is 25.6. The maximum absolute atomic E-state index is 13.6. The van der Waals surface area contributed by atoms with Crippen LogP contribution in [0.5, 0.6) is 0 Å². The van der Waals surface area contributed by atoms with Crippen LogP contribution >= 0.6 is 11.6 Å². The van der Waals surface area contributed by atoms with Crippen LogP contribution in [-0.2, 0) is 19.9 Å². The van der Waals surface area contributed by atoms with Gasteiger partial charge in [-0.15, -0.1) is 0 Å². The molecule has 3 amide bonds. The number of piperidine rings is 1. The minimum absolute atomic E-state index is 0.104. The maximum atomic E-state index is 13.6. The SMILES string of the molecule is CC(C)[C@@H](NC(=O)[C@@H]1CCC2(CNC(=O)O2)C1)C(=O)N1CC[C@](O)(c2ccc(Cl)cc2)C(C)(C)C1. The van der Waals surface area contributed by atoms with E-state index in [-0.39, 0.29) is 23.7 Å². The summed E-state index contributed by atoms with van der Waals surface area (Å²) in [4.78, 5) is 40.0. The van der Waals surface area contributed by atoms with E-state index < -0.39 is 28.8 Å². The van der Waals surface area contributed by atoms with E-state index in [2.05, 4.69) is 10.6 Å². The van der Waals surface area contributed by atoms with Crippen molar-refractivity contribution in [2.75, 3.05) is 19.6 Å². The highest BCUT2D eigenvalue weighted by molar-refractivity contribution is 6.30. The lowest BCUT2D eigenvalue weighted by atomic mass is 9.66. The maximum Gasteiger partial charge on any atom is 0.407 e. The van der Waals surface area contributed by atoms with Crippen LogP contribution in [0.3, 0.4) is 0 Å². The number of rotatable bonds is 5. The van der Waals surface area contributed by atoms with Crippen molar-refractivity contribution in [2.45, 2.75) is 70.6 Å². The molecule has 0 aromatic heterocycles. The van der Waals surface area contributed by atoms with Crippen molar-refractivity contribution < 1.29 is 24.2 Å². The van der Waals surface area contributed by atoms with Gasteiger partial charge < -0.3 is 25.4 Å². The highest BCUT2D eigenvalue weighted by atomic mass is 35.5. The molecule has 3 N–H and O–H groups in total. The predicted octanol–water partition coefficient (Wildman–Crippen LogP) is 3.21. The van der Waals surface area contributed by atoms with Crippen LogP contribution in [-0.4, -0.2) is 59.2 Å². The number of nitrogens with zero attached hydrogens (tertiary/aromatic N) is 1. The molecule has 1 aromatic carbocycles. The van der Waals surface area contributed by atoms with Crippen LogP contribution in [0.15, 0.2) is 24.3 Å². The summed E-state index contributed by atoms with van der Waals surface area (Å²) in [7, 11) is 0. The first kappa shape index (κ1) is 25.8. The van der Waals surface area contributed by atoms with E-state index in [1.807, 2.05) is 39.8 Å². The lowest BCUT2D eigenvalue weighted by Gasteiger charge is -2.51. The van der Waals surface area contributed by atoms with E-state index in [1.54, 1.807) is 17.0 Å². The molecule has 1 aliphatic carbocycles. The van der Waals surface area contributed by atoms with Crippen LogP contribution in [0.1, 0.15) is 58.9 Å². The third-order valence-electron chi connectivity index (χ3n) is 8.11. The molecule has 3 fully saturated rings. The highest BCUT2D eigenvalue weighted by Crippen LogP contribution is 2.46. The molecule has 8 nitrogen and oxygen atoms in total. The fraction of sp³-hybridized carbons (Fsp3) is 0.654. The number of likely N-dealkylation sites (tertiary alicyclic amines) is 1. The minimum atomic E-state index is -1.10. The molecule has 9 heteroatoms. The average Bonchev–Trinajstić information content (AvgIpc) is 3.38. The zero-order valence-electron chi connectivity index (χ0n) is 20.9. The fourth-order valence-electron chi connectivity index (χ4n) is 5.82. The van der Waals surface area contributed by atoms with Gasteiger partial charge >= 0.3 is 6.09 Å². The molecular weight excluding hydrogens is 470 g/mol. The minimum Gasteiger partial charge on any atom is -0.441 e. The van der Waals surface area contributed by atoms with Crippen LogP contribution in [0, 0.1) is 17.3 Å². The van der Waals surface area contributed by atoms with Gasteiger partial charge in [-0.05, 0) is 42.9 Å². The molecule has 0 radical (unpaired) electrons. The molecular formula is C26H36ClN3O5. The van der Waals surface area contributed by atoms with Gasteiger partial charge in [0.15, 0.2) is 0 Å². The number of nitrogens with one attached hydrogen (secondary N) is 2. The first-order valence-corrected chi connectivity index (χ1v) is 12.8. The van der Waals surface area contributed by atoms with Crippen molar-refractivity contribution in [1.82, 2.24) is 15.5 Å². The van der Waals surface area contributed by atoms with Crippen molar-refractivity contribution in [2.24, 2.45) is 17.3 Å². The number of amides is 3. The summed E-state index contributed by atoms with van der Waals surface area (Å²) in [6, 6.07) is 6.54. The van der Waals surface area contributed by atoms with E-state index in [0.29, 0.717) is 50.3 Å². The molecule has 4 atom stereocenters. The van der Waals surface area contributed by atoms with Crippen LogP contribution in [0.2, 0.25) is 5.02 Å². The van der Waals surface area contributed by atoms with Gasteiger partial charge in [-0.3, -0.25) is 9.59 Å². The van der Waals surface area contributed by atoms with Crippen molar-refractivity contribution in [1.29, 1.82) is 0 Å². The average molecular weight is 506 g/mol. The standard InChI is InChI=1S/C26H36ClN3O5/c1-16(2)20(29-21(31)17-9-10-25(13-17)14-28-23(33)35-25)22(32)30-12-11-26(34,24(3,4)15-30)18-5-7-19(27)8-6-18/h5-8,16-17,20,34H,9-15H2,1-4H3,(H,28,33)(H,29,31)/t17-,20-,25?,26+/m1/s1. The molecule has 1 unspecified atom stereocenters. The summed E-state index contributed by atoms with van der Waals surface area (Å²) in [5.41, 5.74) is -1.54. The van der Waals surface area contributed by atoms with E-state index in [4.69, 9.17) is 16.3 Å². The van der Waals surface area contributed by atoms with E-state index >= 15 is 0 Å². The molecule has 1 aromatic rings. The second-order valence-electron chi connectivity index (χ2n) is 11.4. The number of carbonyl (C=O) groups excluding carboxylic acids is 3. The first-order valence-electron chi connectivity index (χ1n) is 12.4. The van der Waals surface area contributed by atoms with Gasteiger partial charge in [0, 0.05) is 35.9 Å². The molecule has 0 bridgehead atoms. The second-order valence-corrected chi connectivity index (χ2v) is 11.8. The van der Waals surface area contributed by atoms with Crippen LogP contribution < -0.4 is 10.6 Å². The molecule has 35 heavy (non-hydrogen) atoms. The number of alkyl carbamates (subject to hydrolysis) is 1. The zero-order valence-corrected chi connectivity index (χ0v) is 21.7. The Kier molecular flexibility index (Phi) is 6.83. The van der Waals surface area contributed by atoms with E-state index in [9.17, 15) is 19.5 Å². The lowest BCUT2D eigenvalue weighted by molar-refractivity contribution is -0.157. The number of benzene rings is 1. The normalized spacial score (nSPS) is 30.8. The molecule has 1 spiro atoms. The quantitative estimate of drug-likeness (QED) is 0.569. The van der Waals surface area contributed by atoms with Crippen molar-refractivity contribution in [3.8, 4) is 0 Å². The topological polar surface area (TPSA) is 108 Å². The summed E-state index contributed by atoms with van der Waals surface area (Å²) < 4.78 is 5.43. The Bertz CT molecular complexity index is 997. The summed E-state index contributed by atoms with van der Waals surface area (Å²) in [5.74, 6) is -0.718. The Balaban J connectivity index is 1.43. The Morgan fingerprint density at radius 3 is 2.49 bits per heavy atom. The van der Waals surface area contributed by atoms with Gasteiger partial charge in [0.1, 0.15) is 11.6 Å². The third kappa shape index (κ3) is 4.87. The molecule has 2 aliphatic heterocycles. The van der Waals surface area contributed by atoms with Gasteiger partial charge in [0.25, 0.3) is 0 Å². The van der Waals surface area contributed by atoms with Crippen molar-refractivity contribution in [3.63, 3.8) is 0 Å². The number of aliphatic hydroxyl groups is 1. The Hall–Kier alpha value is -2.32. The Labute approximate surface area is 211 Å². The smallest absolute Gasteiger partial charge is 0.407 e. The molecule has 4 rings (SSSR count). The number of carbonyl (C=O) groups is 3. The van der Waals surface area contributed by atoms with Gasteiger partial charge in [-0.2, -0.15) is 0 Å². The molecule has 1 saturated carbocycles. The predicted molar refractivity (Wildman–Crippen MR) is 132 cm³/mol. The van der Waals surface area contributed by atoms with Crippen molar-refractivity contribution in [3.05, 3.63) is 34.9 Å². The van der Waals surface area contributed by atoms with Crippen LogP contribution in [0.25, 0.3) is 0 Å². The van der Waals surface area contributed by atoms with E-state index in [0.717, 1.165) is 5.56 Å². The number of hydrogen-bond donors (Lipinski definition) is 3. The second kappa shape index (κ2) is 9.28. The van der Waals surface area contributed by atoms with E-state index in [1.165, 1.54) is 0 Å². The summed E-state index contributed by atoms with van der Waals surface area (Å²) in [6.07, 6.45) is 1.66. The Morgan fingerprint density at radius 1 is 1.23 bits per heavy atom.